The quantitative estimate of drug-likeness (QED) is 0.777. The van der Waals surface area contributed by atoms with Gasteiger partial charge in [0, 0.05) is 12.6 Å². The number of anilines is 2. The van der Waals surface area contributed by atoms with E-state index in [1.807, 2.05) is 0 Å². The maximum absolute atomic E-state index is 13.4. The zero-order valence-corrected chi connectivity index (χ0v) is 11.3. The van der Waals surface area contributed by atoms with E-state index in [0.717, 1.165) is 6.07 Å². The summed E-state index contributed by atoms with van der Waals surface area (Å²) in [7, 11) is -3.22. The highest BCUT2D eigenvalue weighted by Gasteiger charge is 2.40. The van der Waals surface area contributed by atoms with Crippen LogP contribution in [0.5, 0.6) is 0 Å². The lowest BCUT2D eigenvalue weighted by atomic mass is 10.1. The van der Waals surface area contributed by atoms with Crippen LogP contribution in [0.15, 0.2) is 12.1 Å². The van der Waals surface area contributed by atoms with E-state index in [1.54, 1.807) is 4.90 Å². The smallest absolute Gasteiger partial charge is 0.248 e. The molecule has 102 valence electrons. The maximum atomic E-state index is 13.4. The number of fused-ring (bicyclic) bond motifs is 3. The second-order valence-electron chi connectivity index (χ2n) is 4.60. The molecule has 1 unspecified atom stereocenters. The molecule has 2 heterocycles. The first kappa shape index (κ1) is 12.7. The summed E-state index contributed by atoms with van der Waals surface area (Å²) in [5.74, 6) is -1.31. The highest BCUT2D eigenvalue weighted by Crippen LogP contribution is 2.37. The fraction of sp³-hybridized carbons (Fsp3) is 0.364. The van der Waals surface area contributed by atoms with E-state index in [4.69, 9.17) is 11.6 Å². The topological polar surface area (TPSA) is 66.5 Å². The van der Waals surface area contributed by atoms with Gasteiger partial charge in [-0.3, -0.25) is 4.79 Å². The fourth-order valence-electron chi connectivity index (χ4n) is 2.40. The van der Waals surface area contributed by atoms with Gasteiger partial charge in [-0.1, -0.05) is 11.6 Å². The zero-order chi connectivity index (χ0) is 13.8. The summed E-state index contributed by atoms with van der Waals surface area (Å²) >= 11 is 5.74. The molecule has 1 fully saturated rings. The molecule has 2 aliphatic rings. The first-order valence-electron chi connectivity index (χ1n) is 5.64. The summed E-state index contributed by atoms with van der Waals surface area (Å²) in [4.78, 5) is 13.6. The van der Waals surface area contributed by atoms with Crippen LogP contribution in [-0.2, 0) is 14.6 Å². The van der Waals surface area contributed by atoms with Gasteiger partial charge in [0.1, 0.15) is 11.9 Å². The number of sulfone groups is 1. The van der Waals surface area contributed by atoms with E-state index in [0.29, 0.717) is 11.4 Å². The fourth-order valence-corrected chi connectivity index (χ4v) is 4.01. The van der Waals surface area contributed by atoms with Crippen molar-refractivity contribution in [2.24, 2.45) is 0 Å². The molecule has 3 rings (SSSR count). The van der Waals surface area contributed by atoms with E-state index in [1.165, 1.54) is 6.07 Å². The highest BCUT2D eigenvalue weighted by atomic mass is 35.5. The summed E-state index contributed by atoms with van der Waals surface area (Å²) in [5, 5.41) is 2.47. The minimum atomic E-state index is -3.22. The van der Waals surface area contributed by atoms with E-state index in [9.17, 15) is 17.6 Å². The third kappa shape index (κ3) is 2.06. The van der Waals surface area contributed by atoms with Crippen LogP contribution in [0.3, 0.4) is 0 Å². The molecular formula is C11H10ClFN2O3S. The molecule has 1 saturated heterocycles. The van der Waals surface area contributed by atoms with Crippen molar-refractivity contribution in [3.05, 3.63) is 23.0 Å². The number of nitrogens with one attached hydrogen (secondary N) is 1. The Bertz CT molecular complexity index is 677. The van der Waals surface area contributed by atoms with Crippen molar-refractivity contribution in [3.63, 3.8) is 0 Å². The summed E-state index contributed by atoms with van der Waals surface area (Å²) in [6.07, 6.45) is 0. The average Bonchev–Trinajstić information content (AvgIpc) is 2.32. The Morgan fingerprint density at radius 3 is 2.89 bits per heavy atom. The molecule has 0 bridgehead atoms. The Morgan fingerprint density at radius 1 is 1.42 bits per heavy atom. The van der Waals surface area contributed by atoms with Crippen molar-refractivity contribution >= 4 is 38.7 Å². The molecule has 8 heteroatoms. The van der Waals surface area contributed by atoms with Gasteiger partial charge in [-0.05, 0) is 6.07 Å². The predicted octanol–water partition coefficient (Wildman–Crippen LogP) is 1.03. The van der Waals surface area contributed by atoms with E-state index in [2.05, 4.69) is 5.32 Å². The van der Waals surface area contributed by atoms with Crippen LogP contribution in [0, 0.1) is 5.82 Å². The molecule has 2 aliphatic heterocycles. The molecule has 1 amide bonds. The van der Waals surface area contributed by atoms with Crippen molar-refractivity contribution in [2.75, 3.05) is 28.3 Å². The highest BCUT2D eigenvalue weighted by molar-refractivity contribution is 7.91. The van der Waals surface area contributed by atoms with Crippen molar-refractivity contribution in [3.8, 4) is 0 Å². The second kappa shape index (κ2) is 4.08. The molecule has 19 heavy (non-hydrogen) atoms. The lowest BCUT2D eigenvalue weighted by Gasteiger charge is -2.40. The Kier molecular flexibility index (Phi) is 2.72. The van der Waals surface area contributed by atoms with Crippen LogP contribution in [0.2, 0.25) is 5.02 Å². The van der Waals surface area contributed by atoms with Gasteiger partial charge in [-0.25, -0.2) is 12.8 Å². The van der Waals surface area contributed by atoms with E-state index in [-0.39, 0.29) is 23.1 Å². The number of halogens is 2. The zero-order valence-electron chi connectivity index (χ0n) is 9.69. The number of benzene rings is 1. The van der Waals surface area contributed by atoms with Crippen LogP contribution >= 0.6 is 11.6 Å². The first-order chi connectivity index (χ1) is 8.87. The molecule has 1 aromatic rings. The molecule has 0 aliphatic carbocycles. The summed E-state index contributed by atoms with van der Waals surface area (Å²) in [5.41, 5.74) is 0.883. The van der Waals surface area contributed by atoms with Gasteiger partial charge in [0.2, 0.25) is 5.91 Å². The van der Waals surface area contributed by atoms with Gasteiger partial charge in [0.15, 0.2) is 9.84 Å². The number of amides is 1. The number of rotatable bonds is 0. The molecule has 1 N–H and O–H groups in total. The number of nitrogens with zero attached hydrogens (tertiary/aromatic N) is 1. The monoisotopic (exact) mass is 304 g/mol. The third-order valence-electron chi connectivity index (χ3n) is 3.34. The standard InChI is InChI=1S/C11H10ClFN2O3S/c12-6-3-9-8(4-7(6)13)14-11(16)10-5-19(17,18)2-1-15(9)10/h3-4,10H,1-2,5H2,(H,14,16). The van der Waals surface area contributed by atoms with Gasteiger partial charge in [-0.2, -0.15) is 0 Å². The largest absolute Gasteiger partial charge is 0.356 e. The number of hydrogen-bond acceptors (Lipinski definition) is 4. The Morgan fingerprint density at radius 2 is 2.16 bits per heavy atom. The van der Waals surface area contributed by atoms with Crippen LogP contribution in [0.4, 0.5) is 15.8 Å². The molecule has 1 atom stereocenters. The normalized spacial score (nSPS) is 24.4. The number of hydrogen-bond donors (Lipinski definition) is 1. The number of carbonyl (C=O) groups is 1. The molecule has 0 saturated carbocycles. The SMILES string of the molecule is O=C1Nc2cc(F)c(Cl)cc2N2CCS(=O)(=O)CC12. The van der Waals surface area contributed by atoms with Gasteiger partial charge < -0.3 is 10.2 Å². The first-order valence-corrected chi connectivity index (χ1v) is 7.84. The summed E-state index contributed by atoms with van der Waals surface area (Å²) in [6, 6.07) is 1.79. The average molecular weight is 305 g/mol. The lowest BCUT2D eigenvalue weighted by molar-refractivity contribution is -0.117. The third-order valence-corrected chi connectivity index (χ3v) is 5.26. The van der Waals surface area contributed by atoms with Gasteiger partial charge in [-0.15, -0.1) is 0 Å². The van der Waals surface area contributed by atoms with Crippen molar-refractivity contribution in [1.82, 2.24) is 0 Å². The number of carbonyl (C=O) groups excluding carboxylic acids is 1. The molecule has 0 aromatic heterocycles. The maximum Gasteiger partial charge on any atom is 0.248 e. The van der Waals surface area contributed by atoms with Gasteiger partial charge in [0.25, 0.3) is 0 Å². The van der Waals surface area contributed by atoms with Crippen LogP contribution in [-0.4, -0.2) is 38.4 Å². The van der Waals surface area contributed by atoms with Crippen LogP contribution in [0.25, 0.3) is 0 Å². The Hall–Kier alpha value is -1.34. The molecule has 0 spiro atoms. The Balaban J connectivity index is 2.09. The summed E-state index contributed by atoms with van der Waals surface area (Å²) < 4.78 is 36.6. The Labute approximate surface area is 114 Å². The van der Waals surface area contributed by atoms with Crippen LogP contribution in [0.1, 0.15) is 0 Å². The van der Waals surface area contributed by atoms with Gasteiger partial charge in [0.05, 0.1) is 27.9 Å². The van der Waals surface area contributed by atoms with Crippen LogP contribution < -0.4 is 10.2 Å². The van der Waals surface area contributed by atoms with Crippen molar-refractivity contribution in [2.45, 2.75) is 6.04 Å². The second-order valence-corrected chi connectivity index (χ2v) is 7.23. The minimum absolute atomic E-state index is 0.0226. The molecular weight excluding hydrogens is 295 g/mol. The molecule has 0 radical (unpaired) electrons. The lowest BCUT2D eigenvalue weighted by Crippen LogP contribution is -2.56. The minimum Gasteiger partial charge on any atom is -0.356 e. The van der Waals surface area contributed by atoms with E-state index < -0.39 is 27.6 Å². The van der Waals surface area contributed by atoms with Gasteiger partial charge >= 0.3 is 0 Å². The predicted molar refractivity (Wildman–Crippen MR) is 69.8 cm³/mol. The van der Waals surface area contributed by atoms with Crippen molar-refractivity contribution in [1.29, 1.82) is 0 Å². The summed E-state index contributed by atoms with van der Waals surface area (Å²) in [6.45, 7) is 0.204. The van der Waals surface area contributed by atoms with Crippen molar-refractivity contribution < 1.29 is 17.6 Å². The molecule has 5 nitrogen and oxygen atoms in total. The van der Waals surface area contributed by atoms with E-state index >= 15 is 0 Å². The molecule has 1 aromatic carbocycles.